The number of aromatic nitrogens is 1. The predicted molar refractivity (Wildman–Crippen MR) is 82.2 cm³/mol. The second kappa shape index (κ2) is 6.26. The molecule has 1 aromatic carbocycles. The third-order valence-electron chi connectivity index (χ3n) is 3.18. The van der Waals surface area contributed by atoms with Gasteiger partial charge < -0.3 is 15.4 Å². The zero-order chi connectivity index (χ0) is 15.4. The molecule has 0 unspecified atom stereocenters. The molecule has 1 heterocycles. The van der Waals surface area contributed by atoms with Crippen LogP contribution in [0.25, 0.3) is 0 Å². The summed E-state index contributed by atoms with van der Waals surface area (Å²) in [6.07, 6.45) is 0. The van der Waals surface area contributed by atoms with Crippen molar-refractivity contribution in [3.05, 3.63) is 53.3 Å². The molecule has 0 atom stereocenters. The Bertz CT molecular complexity index is 656. The van der Waals surface area contributed by atoms with Crippen molar-refractivity contribution < 1.29 is 9.53 Å². The Balaban J connectivity index is 2.24. The van der Waals surface area contributed by atoms with E-state index in [2.05, 4.69) is 4.98 Å². The van der Waals surface area contributed by atoms with E-state index in [1.54, 1.807) is 30.1 Å². The van der Waals surface area contributed by atoms with Gasteiger partial charge in [-0.3, -0.25) is 9.78 Å². The highest BCUT2D eigenvalue weighted by Crippen LogP contribution is 2.25. The fourth-order valence-corrected chi connectivity index (χ4v) is 2.14. The van der Waals surface area contributed by atoms with Crippen molar-refractivity contribution in [2.45, 2.75) is 13.5 Å². The number of carbonyl (C=O) groups excluding carboxylic acids is 1. The highest BCUT2D eigenvalue weighted by atomic mass is 16.5. The molecule has 1 aromatic heterocycles. The van der Waals surface area contributed by atoms with Crippen molar-refractivity contribution in [3.63, 3.8) is 0 Å². The molecule has 2 rings (SSSR count). The van der Waals surface area contributed by atoms with Crippen LogP contribution in [0.2, 0.25) is 0 Å². The van der Waals surface area contributed by atoms with Gasteiger partial charge in [-0.1, -0.05) is 12.1 Å². The Kier molecular flexibility index (Phi) is 4.42. The Morgan fingerprint density at radius 3 is 2.67 bits per heavy atom. The van der Waals surface area contributed by atoms with E-state index in [4.69, 9.17) is 10.5 Å². The number of hydrogen-bond donors (Lipinski definition) is 1. The molecular formula is C16H19N3O2. The molecule has 1 amide bonds. The second-order valence-corrected chi connectivity index (χ2v) is 4.86. The number of ether oxygens (including phenoxy) is 1. The van der Waals surface area contributed by atoms with Gasteiger partial charge in [-0.15, -0.1) is 0 Å². The van der Waals surface area contributed by atoms with Crippen LogP contribution in [0, 0.1) is 6.92 Å². The van der Waals surface area contributed by atoms with Crippen molar-refractivity contribution in [1.82, 2.24) is 9.88 Å². The molecule has 5 heteroatoms. The van der Waals surface area contributed by atoms with Gasteiger partial charge in [-0.2, -0.15) is 0 Å². The Hall–Kier alpha value is -2.56. The van der Waals surface area contributed by atoms with Crippen LogP contribution >= 0.6 is 0 Å². The fraction of sp³-hybridized carbons (Fsp3) is 0.250. The summed E-state index contributed by atoms with van der Waals surface area (Å²) in [7, 11) is 3.24. The average Bonchev–Trinajstić information content (AvgIpc) is 2.46. The number of rotatable bonds is 4. The average molecular weight is 285 g/mol. The molecule has 5 nitrogen and oxygen atoms in total. The lowest BCUT2D eigenvalue weighted by Crippen LogP contribution is -2.28. The molecule has 0 fully saturated rings. The Morgan fingerprint density at radius 1 is 1.29 bits per heavy atom. The zero-order valence-corrected chi connectivity index (χ0v) is 12.5. The van der Waals surface area contributed by atoms with Gasteiger partial charge in [0.25, 0.3) is 5.91 Å². The smallest absolute Gasteiger partial charge is 0.259 e. The van der Waals surface area contributed by atoms with Crippen LogP contribution in [0.5, 0.6) is 5.75 Å². The summed E-state index contributed by atoms with van der Waals surface area (Å²) in [5, 5.41) is 0. The van der Waals surface area contributed by atoms with Gasteiger partial charge in [0.15, 0.2) is 0 Å². The van der Waals surface area contributed by atoms with Crippen molar-refractivity contribution >= 4 is 11.6 Å². The van der Waals surface area contributed by atoms with E-state index < -0.39 is 0 Å². The number of aryl methyl sites for hydroxylation is 1. The topological polar surface area (TPSA) is 68.5 Å². The van der Waals surface area contributed by atoms with Crippen LogP contribution < -0.4 is 10.5 Å². The van der Waals surface area contributed by atoms with E-state index in [-0.39, 0.29) is 5.91 Å². The molecule has 0 aliphatic heterocycles. The molecule has 2 N–H and O–H groups in total. The van der Waals surface area contributed by atoms with Crippen molar-refractivity contribution in [3.8, 4) is 5.75 Å². The van der Waals surface area contributed by atoms with Gasteiger partial charge in [0.2, 0.25) is 0 Å². The number of carbonyl (C=O) groups is 1. The number of hydrogen-bond acceptors (Lipinski definition) is 4. The first-order valence-electron chi connectivity index (χ1n) is 6.63. The van der Waals surface area contributed by atoms with E-state index in [0.717, 1.165) is 11.4 Å². The number of nitrogen functional groups attached to an aromatic ring is 1. The minimum Gasteiger partial charge on any atom is -0.496 e. The molecule has 2 aromatic rings. The molecule has 0 radical (unpaired) electrons. The van der Waals surface area contributed by atoms with Crippen LogP contribution in [0.1, 0.15) is 21.7 Å². The highest BCUT2D eigenvalue weighted by molar-refractivity contribution is 6.01. The minimum absolute atomic E-state index is 0.187. The molecular weight excluding hydrogens is 266 g/mol. The van der Waals surface area contributed by atoms with Crippen molar-refractivity contribution in [2.75, 3.05) is 19.9 Å². The maximum absolute atomic E-state index is 12.6. The van der Waals surface area contributed by atoms with Crippen LogP contribution in [-0.4, -0.2) is 29.9 Å². The SMILES string of the molecule is COc1cccc(N)c1C(=O)N(C)Cc1cccc(C)n1. The summed E-state index contributed by atoms with van der Waals surface area (Å²) < 4.78 is 5.22. The summed E-state index contributed by atoms with van der Waals surface area (Å²) in [5.41, 5.74) is 8.45. The normalized spacial score (nSPS) is 10.2. The third-order valence-corrected chi connectivity index (χ3v) is 3.18. The lowest BCUT2D eigenvalue weighted by Gasteiger charge is -2.19. The quantitative estimate of drug-likeness (QED) is 0.875. The molecule has 0 bridgehead atoms. The van der Waals surface area contributed by atoms with Gasteiger partial charge >= 0.3 is 0 Å². The van der Waals surface area contributed by atoms with E-state index >= 15 is 0 Å². The Labute approximate surface area is 124 Å². The van der Waals surface area contributed by atoms with Crippen LogP contribution in [0.3, 0.4) is 0 Å². The summed E-state index contributed by atoms with van der Waals surface area (Å²) in [5.74, 6) is 0.289. The maximum atomic E-state index is 12.6. The molecule has 110 valence electrons. The summed E-state index contributed by atoms with van der Waals surface area (Å²) in [6.45, 7) is 2.33. The van der Waals surface area contributed by atoms with Crippen molar-refractivity contribution in [1.29, 1.82) is 0 Å². The summed E-state index contributed by atoms with van der Waals surface area (Å²) >= 11 is 0. The third kappa shape index (κ3) is 3.31. The lowest BCUT2D eigenvalue weighted by atomic mass is 10.1. The van der Waals surface area contributed by atoms with E-state index in [1.165, 1.54) is 7.11 Å². The first-order chi connectivity index (χ1) is 10.0. The number of pyridine rings is 1. The first kappa shape index (κ1) is 14.8. The second-order valence-electron chi connectivity index (χ2n) is 4.86. The largest absolute Gasteiger partial charge is 0.496 e. The highest BCUT2D eigenvalue weighted by Gasteiger charge is 2.20. The maximum Gasteiger partial charge on any atom is 0.259 e. The number of amides is 1. The number of nitrogens with two attached hydrogens (primary N) is 1. The molecule has 0 spiro atoms. The summed E-state index contributed by atoms with van der Waals surface area (Å²) in [6, 6.07) is 10.9. The van der Waals surface area contributed by atoms with Gasteiger partial charge in [-0.25, -0.2) is 0 Å². The molecule has 0 aliphatic carbocycles. The van der Waals surface area contributed by atoms with Crippen molar-refractivity contribution in [2.24, 2.45) is 0 Å². The molecule has 0 saturated carbocycles. The van der Waals surface area contributed by atoms with Gasteiger partial charge in [0, 0.05) is 18.4 Å². The van der Waals surface area contributed by atoms with Gasteiger partial charge in [0.05, 0.1) is 19.3 Å². The summed E-state index contributed by atoms with van der Waals surface area (Å²) in [4.78, 5) is 18.5. The monoisotopic (exact) mass is 285 g/mol. The number of benzene rings is 1. The van der Waals surface area contributed by atoms with E-state index in [0.29, 0.717) is 23.5 Å². The molecule has 0 aliphatic rings. The first-order valence-corrected chi connectivity index (χ1v) is 6.63. The molecule has 21 heavy (non-hydrogen) atoms. The fourth-order valence-electron chi connectivity index (χ4n) is 2.14. The van der Waals surface area contributed by atoms with Crippen LogP contribution in [-0.2, 0) is 6.54 Å². The predicted octanol–water partition coefficient (Wildman–Crippen LogP) is 2.25. The number of methoxy groups -OCH3 is 1. The van der Waals surface area contributed by atoms with E-state index in [1.807, 2.05) is 25.1 Å². The van der Waals surface area contributed by atoms with Crippen LogP contribution in [0.4, 0.5) is 5.69 Å². The van der Waals surface area contributed by atoms with E-state index in [9.17, 15) is 4.79 Å². The van der Waals surface area contributed by atoms with Crippen LogP contribution in [0.15, 0.2) is 36.4 Å². The molecule has 0 saturated heterocycles. The number of anilines is 1. The number of nitrogens with zero attached hydrogens (tertiary/aromatic N) is 2. The van der Waals surface area contributed by atoms with Gasteiger partial charge in [0.1, 0.15) is 11.3 Å². The standard InChI is InChI=1S/C16H19N3O2/c1-11-6-4-7-12(18-11)10-19(2)16(20)15-13(17)8-5-9-14(15)21-3/h4-9H,10,17H2,1-3H3. The van der Waals surface area contributed by atoms with Gasteiger partial charge in [-0.05, 0) is 31.2 Å². The minimum atomic E-state index is -0.187. The zero-order valence-electron chi connectivity index (χ0n) is 12.5. The Morgan fingerprint density at radius 2 is 2.00 bits per heavy atom. The lowest BCUT2D eigenvalue weighted by molar-refractivity contribution is 0.0781.